The Labute approximate surface area is 196 Å². The van der Waals surface area contributed by atoms with Crippen LogP contribution in [-0.4, -0.2) is 74.8 Å². The Hall–Kier alpha value is -2.93. The molecule has 1 aliphatic heterocycles. The van der Waals surface area contributed by atoms with Crippen molar-refractivity contribution in [1.82, 2.24) is 14.1 Å². The summed E-state index contributed by atoms with van der Waals surface area (Å²) in [5, 5.41) is 8.93. The summed E-state index contributed by atoms with van der Waals surface area (Å²) in [7, 11) is -2.21. The maximum absolute atomic E-state index is 13.3. The predicted molar refractivity (Wildman–Crippen MR) is 125 cm³/mol. The molecular weight excluding hydrogens is 440 g/mol. The van der Waals surface area contributed by atoms with Crippen LogP contribution in [0.25, 0.3) is 0 Å². The summed E-state index contributed by atoms with van der Waals surface area (Å²) in [5.41, 5.74) is 2.00. The lowest BCUT2D eigenvalue weighted by Gasteiger charge is -2.35. The van der Waals surface area contributed by atoms with Crippen molar-refractivity contribution in [2.45, 2.75) is 25.3 Å². The van der Waals surface area contributed by atoms with E-state index in [0.29, 0.717) is 50.6 Å². The van der Waals surface area contributed by atoms with Crippen LogP contribution in [0.4, 0.5) is 0 Å². The molecule has 2 aromatic rings. The zero-order valence-electron chi connectivity index (χ0n) is 19.3. The Morgan fingerprint density at radius 2 is 1.70 bits per heavy atom. The van der Waals surface area contributed by atoms with Crippen LogP contribution in [0.15, 0.2) is 47.4 Å². The van der Waals surface area contributed by atoms with Crippen LogP contribution in [-0.2, 0) is 16.6 Å². The van der Waals surface area contributed by atoms with Gasteiger partial charge in [-0.1, -0.05) is 26.0 Å². The second-order valence-electron chi connectivity index (χ2n) is 7.83. The summed E-state index contributed by atoms with van der Waals surface area (Å²) in [5.74, 6) is 0.125. The van der Waals surface area contributed by atoms with Crippen LogP contribution in [0.1, 0.15) is 35.3 Å². The molecule has 0 saturated carbocycles. The number of carbonyl (C=O) groups excluding carboxylic acids is 1. The van der Waals surface area contributed by atoms with Gasteiger partial charge < -0.3 is 9.64 Å². The molecule has 0 bridgehead atoms. The lowest BCUT2D eigenvalue weighted by molar-refractivity contribution is 0.0625. The molecule has 33 heavy (non-hydrogen) atoms. The van der Waals surface area contributed by atoms with Gasteiger partial charge in [-0.3, -0.25) is 9.69 Å². The zero-order valence-corrected chi connectivity index (χ0v) is 20.1. The van der Waals surface area contributed by atoms with Crippen molar-refractivity contribution in [2.24, 2.45) is 0 Å². The first kappa shape index (κ1) is 24.7. The van der Waals surface area contributed by atoms with E-state index in [-0.39, 0.29) is 16.4 Å². The maximum Gasteiger partial charge on any atom is 0.257 e. The molecule has 9 heteroatoms. The molecule has 0 unspecified atom stereocenters. The van der Waals surface area contributed by atoms with Crippen LogP contribution in [0.5, 0.6) is 5.75 Å². The highest BCUT2D eigenvalue weighted by Gasteiger charge is 2.28. The maximum atomic E-state index is 13.3. The minimum Gasteiger partial charge on any atom is -0.496 e. The molecular formula is C24H30N4O4S. The van der Waals surface area contributed by atoms with Gasteiger partial charge in [0.2, 0.25) is 10.0 Å². The quantitative estimate of drug-likeness (QED) is 0.589. The number of carbonyl (C=O) groups is 1. The van der Waals surface area contributed by atoms with Crippen LogP contribution in [0.2, 0.25) is 0 Å². The lowest BCUT2D eigenvalue weighted by Crippen LogP contribution is -2.48. The van der Waals surface area contributed by atoms with Gasteiger partial charge in [0.25, 0.3) is 5.91 Å². The van der Waals surface area contributed by atoms with Crippen molar-refractivity contribution in [3.63, 3.8) is 0 Å². The van der Waals surface area contributed by atoms with E-state index < -0.39 is 10.0 Å². The summed E-state index contributed by atoms with van der Waals surface area (Å²) in [6, 6.07) is 14.1. The first-order chi connectivity index (χ1) is 15.8. The number of nitriles is 1. The van der Waals surface area contributed by atoms with Crippen molar-refractivity contribution in [1.29, 1.82) is 5.26 Å². The fourth-order valence-corrected chi connectivity index (χ4v) is 5.43. The molecule has 0 N–H and O–H groups in total. The summed E-state index contributed by atoms with van der Waals surface area (Å²) >= 11 is 0. The van der Waals surface area contributed by atoms with Crippen LogP contribution < -0.4 is 4.74 Å². The van der Waals surface area contributed by atoms with Crippen LogP contribution in [0.3, 0.4) is 0 Å². The summed E-state index contributed by atoms with van der Waals surface area (Å²) < 4.78 is 32.6. The molecule has 1 heterocycles. The fourth-order valence-electron chi connectivity index (χ4n) is 3.95. The molecule has 3 rings (SSSR count). The fraction of sp³-hybridized carbons (Fsp3) is 0.417. The van der Waals surface area contributed by atoms with Crippen molar-refractivity contribution < 1.29 is 17.9 Å². The summed E-state index contributed by atoms with van der Waals surface area (Å²) in [6.45, 7) is 7.49. The highest BCUT2D eigenvalue weighted by Crippen LogP contribution is 2.26. The molecule has 0 spiro atoms. The second kappa shape index (κ2) is 10.8. The van der Waals surface area contributed by atoms with Gasteiger partial charge in [0.15, 0.2) is 0 Å². The van der Waals surface area contributed by atoms with Crippen molar-refractivity contribution in [3.05, 3.63) is 59.2 Å². The number of benzene rings is 2. The number of piperazine rings is 1. The van der Waals surface area contributed by atoms with Crippen LogP contribution >= 0.6 is 0 Å². The van der Waals surface area contributed by atoms with E-state index in [0.717, 1.165) is 12.1 Å². The number of sulfonamides is 1. The van der Waals surface area contributed by atoms with E-state index in [9.17, 15) is 13.2 Å². The first-order valence-electron chi connectivity index (χ1n) is 11.0. The zero-order chi connectivity index (χ0) is 24.0. The van der Waals surface area contributed by atoms with Crippen molar-refractivity contribution in [2.75, 3.05) is 46.4 Å². The Balaban J connectivity index is 1.72. The Morgan fingerprint density at radius 1 is 1.06 bits per heavy atom. The molecule has 1 aliphatic rings. The van der Waals surface area contributed by atoms with E-state index in [1.165, 1.54) is 23.5 Å². The summed E-state index contributed by atoms with van der Waals surface area (Å²) in [4.78, 5) is 17.4. The highest BCUT2D eigenvalue weighted by molar-refractivity contribution is 7.89. The third kappa shape index (κ3) is 5.53. The van der Waals surface area contributed by atoms with E-state index in [4.69, 9.17) is 10.00 Å². The molecule has 0 aliphatic carbocycles. The SMILES string of the molecule is CCN(CC)S(=O)(=O)c1ccc(OC)c(C(=O)N2CCN(Cc3ccc(C#N)cc3)CC2)c1. The number of nitrogens with zero attached hydrogens (tertiary/aromatic N) is 4. The smallest absolute Gasteiger partial charge is 0.257 e. The standard InChI is InChI=1S/C24H30N4O4S/c1-4-28(5-2)33(30,31)21-10-11-23(32-3)22(16-21)24(29)27-14-12-26(13-15-27)18-20-8-6-19(17-25)7-9-20/h6-11,16H,4-5,12-15,18H2,1-3H3. The van der Waals surface area contributed by atoms with E-state index >= 15 is 0 Å². The van der Waals surface area contributed by atoms with Crippen molar-refractivity contribution in [3.8, 4) is 11.8 Å². The van der Waals surface area contributed by atoms with Gasteiger partial charge >= 0.3 is 0 Å². The van der Waals surface area contributed by atoms with Gasteiger partial charge in [0.1, 0.15) is 5.75 Å². The minimum atomic E-state index is -3.68. The van der Waals surface area contributed by atoms with Gasteiger partial charge in [-0.05, 0) is 35.9 Å². The normalized spacial score (nSPS) is 14.8. The van der Waals surface area contributed by atoms with Gasteiger partial charge in [0, 0.05) is 45.8 Å². The predicted octanol–water partition coefficient (Wildman–Crippen LogP) is 2.56. The van der Waals surface area contributed by atoms with E-state index in [2.05, 4.69) is 11.0 Å². The van der Waals surface area contributed by atoms with Crippen molar-refractivity contribution >= 4 is 15.9 Å². The number of hydrogen-bond acceptors (Lipinski definition) is 6. The molecule has 0 aromatic heterocycles. The molecule has 0 radical (unpaired) electrons. The highest BCUT2D eigenvalue weighted by atomic mass is 32.2. The lowest BCUT2D eigenvalue weighted by atomic mass is 10.1. The molecule has 176 valence electrons. The topological polar surface area (TPSA) is 93.9 Å². The average molecular weight is 471 g/mol. The molecule has 1 saturated heterocycles. The number of rotatable bonds is 8. The number of hydrogen-bond donors (Lipinski definition) is 0. The number of ether oxygens (including phenoxy) is 1. The Bertz CT molecular complexity index is 1110. The number of methoxy groups -OCH3 is 1. The molecule has 0 atom stereocenters. The van der Waals surface area contributed by atoms with E-state index in [1.807, 2.05) is 12.1 Å². The Morgan fingerprint density at radius 3 is 2.24 bits per heavy atom. The first-order valence-corrected chi connectivity index (χ1v) is 12.5. The van der Waals surface area contributed by atoms with Gasteiger partial charge in [0.05, 0.1) is 29.2 Å². The second-order valence-corrected chi connectivity index (χ2v) is 9.77. The molecule has 2 aromatic carbocycles. The summed E-state index contributed by atoms with van der Waals surface area (Å²) in [6.07, 6.45) is 0. The number of amides is 1. The average Bonchev–Trinajstić information content (AvgIpc) is 2.84. The molecule has 8 nitrogen and oxygen atoms in total. The third-order valence-electron chi connectivity index (χ3n) is 5.89. The minimum absolute atomic E-state index is 0.0924. The Kier molecular flexibility index (Phi) is 8.08. The monoisotopic (exact) mass is 470 g/mol. The van der Waals surface area contributed by atoms with Crippen LogP contribution in [0, 0.1) is 11.3 Å². The van der Waals surface area contributed by atoms with Gasteiger partial charge in [-0.2, -0.15) is 9.57 Å². The molecule has 1 amide bonds. The third-order valence-corrected chi connectivity index (χ3v) is 7.94. The largest absolute Gasteiger partial charge is 0.496 e. The molecule has 1 fully saturated rings. The van der Waals surface area contributed by atoms with Gasteiger partial charge in [-0.25, -0.2) is 8.42 Å². The van der Waals surface area contributed by atoms with E-state index in [1.54, 1.807) is 36.9 Å². The van der Waals surface area contributed by atoms with Gasteiger partial charge in [-0.15, -0.1) is 0 Å².